The van der Waals surface area contributed by atoms with Crippen LogP contribution >= 0.6 is 0 Å². The number of aromatic amines is 1. The van der Waals surface area contributed by atoms with E-state index in [1.54, 1.807) is 27.7 Å². The third kappa shape index (κ3) is 12.2. The topological polar surface area (TPSA) is 179 Å². The van der Waals surface area contributed by atoms with Crippen molar-refractivity contribution in [3.8, 4) is 5.75 Å². The number of carbonyl (C=O) groups is 2. The molecule has 5 aromatic rings. The van der Waals surface area contributed by atoms with Crippen molar-refractivity contribution in [1.29, 1.82) is 0 Å². The van der Waals surface area contributed by atoms with E-state index in [4.69, 9.17) is 9.72 Å². The van der Waals surface area contributed by atoms with Gasteiger partial charge in [0.05, 0.1) is 38.1 Å². The van der Waals surface area contributed by atoms with Gasteiger partial charge in [0.2, 0.25) is 11.8 Å². The van der Waals surface area contributed by atoms with Crippen molar-refractivity contribution in [1.82, 2.24) is 40.8 Å². The molecule has 2 aromatic heterocycles. The van der Waals surface area contributed by atoms with E-state index in [0.29, 0.717) is 74.7 Å². The Bertz CT molecular complexity index is 2540. The summed E-state index contributed by atoms with van der Waals surface area (Å²) in [7, 11) is 1.62. The Morgan fingerprint density at radius 3 is 1.75 bits per heavy atom. The number of piperazine rings is 2. The molecular weight excluding hydrogens is 835 g/mol. The number of benzene rings is 3. The Kier molecular flexibility index (Phi) is 14.6. The molecule has 17 heteroatoms. The fourth-order valence-electron chi connectivity index (χ4n) is 8.48. The zero-order chi connectivity index (χ0) is 45.3. The Morgan fingerprint density at radius 2 is 1.22 bits per heavy atom. The second-order valence-electron chi connectivity index (χ2n) is 17.0. The van der Waals surface area contributed by atoms with Crippen LogP contribution in [0.3, 0.4) is 0 Å². The molecule has 2 saturated carbocycles. The lowest BCUT2D eigenvalue weighted by Gasteiger charge is -2.27. The Hall–Kier alpha value is -6.46. The van der Waals surface area contributed by atoms with Gasteiger partial charge in [0.1, 0.15) is 17.4 Å². The Labute approximate surface area is 376 Å². The van der Waals surface area contributed by atoms with E-state index < -0.39 is 0 Å². The third-order valence-corrected chi connectivity index (χ3v) is 12.2. The largest absolute Gasteiger partial charge is 0.497 e. The van der Waals surface area contributed by atoms with Gasteiger partial charge in [-0.3, -0.25) is 19.2 Å². The van der Waals surface area contributed by atoms with Crippen molar-refractivity contribution in [2.24, 2.45) is 0 Å². The lowest BCUT2D eigenvalue weighted by molar-refractivity contribution is -0.121. The molecule has 4 atom stereocenters. The molecule has 5 N–H and O–H groups in total. The summed E-state index contributed by atoms with van der Waals surface area (Å²) in [4.78, 5) is 64.3. The number of amides is 2. The molecule has 3 aromatic carbocycles. The van der Waals surface area contributed by atoms with Crippen LogP contribution in [0.1, 0.15) is 65.6 Å². The summed E-state index contributed by atoms with van der Waals surface area (Å²) >= 11 is 0. The minimum atomic E-state index is -0.267. The SMILES string of the molecule is COc1ccc(Cn2cc(CCCN[C@@H]3C[C@H]3c3ccc(F)cc3)nc(N3CCNC(=O)C3)c2=O)cc1.O=C1CN(c2nc(CCCN[C@@H]3C[C@H]3c3ccc(F)cc3)c[nH]c2=O)CCN1. The summed E-state index contributed by atoms with van der Waals surface area (Å²) in [6.07, 6.45) is 8.81. The number of rotatable bonds is 17. The standard InChI is InChI=1S/C28H32FN5O3.C20H24FN5O2/c1-37-23-10-4-19(5-11-23)16-34-17-22(32-27(28(34)36)33-14-13-31-26(35)18-33)3-2-12-30-25-15-24(25)20-6-8-21(29)9-7-20;21-14-5-3-13(4-6-14)16-10-17(16)22-7-1-2-15-11-24-20(28)19(25-15)26-9-8-23-18(27)12-26/h4-11,17,24-25,30H,2-3,12-16,18H2,1H3,(H,31,35);3-6,11,16-17,22H,1-2,7-10,12H2,(H,23,27)(H,24,28)/t24-,25+;16-,17+/m00/s1. The summed E-state index contributed by atoms with van der Waals surface area (Å²) in [5.41, 5.74) is 4.49. The normalized spacial score (nSPS) is 20.0. The minimum Gasteiger partial charge on any atom is -0.497 e. The highest BCUT2D eigenvalue weighted by Gasteiger charge is 2.38. The Morgan fingerprint density at radius 1 is 0.692 bits per heavy atom. The molecule has 15 nitrogen and oxygen atoms in total. The number of carbonyl (C=O) groups excluding carboxylic acids is 2. The first-order valence-electron chi connectivity index (χ1n) is 22.4. The smallest absolute Gasteiger partial charge is 0.293 e. The number of ether oxygens (including phenoxy) is 1. The van der Waals surface area contributed by atoms with E-state index in [0.717, 1.165) is 67.9 Å². The number of anilines is 2. The highest BCUT2D eigenvalue weighted by Crippen LogP contribution is 2.41. The van der Waals surface area contributed by atoms with Crippen molar-refractivity contribution in [3.05, 3.63) is 146 Å². The molecule has 4 fully saturated rings. The van der Waals surface area contributed by atoms with E-state index >= 15 is 0 Å². The summed E-state index contributed by atoms with van der Waals surface area (Å²) in [6, 6.07) is 22.0. The molecule has 0 spiro atoms. The van der Waals surface area contributed by atoms with E-state index in [-0.39, 0.29) is 47.7 Å². The van der Waals surface area contributed by atoms with Gasteiger partial charge in [-0.05, 0) is 105 Å². The average molecular weight is 891 g/mol. The molecule has 4 heterocycles. The second-order valence-corrected chi connectivity index (χ2v) is 17.0. The predicted octanol–water partition coefficient (Wildman–Crippen LogP) is 3.38. The van der Waals surface area contributed by atoms with Crippen LogP contribution in [0.4, 0.5) is 20.4 Å². The maximum Gasteiger partial charge on any atom is 0.293 e. The third-order valence-electron chi connectivity index (χ3n) is 12.2. The van der Waals surface area contributed by atoms with Gasteiger partial charge < -0.3 is 45.4 Å². The van der Waals surface area contributed by atoms with Crippen molar-refractivity contribution in [3.63, 3.8) is 0 Å². The number of H-pyrrole nitrogens is 1. The quantitative estimate of drug-likeness (QED) is 0.0866. The zero-order valence-electron chi connectivity index (χ0n) is 36.5. The molecule has 0 bridgehead atoms. The molecule has 65 heavy (non-hydrogen) atoms. The van der Waals surface area contributed by atoms with Crippen LogP contribution < -0.4 is 46.9 Å². The number of methoxy groups -OCH3 is 1. The molecule has 342 valence electrons. The van der Waals surface area contributed by atoms with Crippen molar-refractivity contribution >= 4 is 23.5 Å². The monoisotopic (exact) mass is 890 g/mol. The first-order chi connectivity index (χ1) is 31.6. The minimum absolute atomic E-state index is 0.0952. The van der Waals surface area contributed by atoms with Crippen molar-refractivity contribution in [2.45, 2.75) is 69.0 Å². The van der Waals surface area contributed by atoms with Crippen LogP contribution in [0.25, 0.3) is 0 Å². The molecule has 2 aliphatic carbocycles. The zero-order valence-corrected chi connectivity index (χ0v) is 36.5. The van der Waals surface area contributed by atoms with E-state index in [2.05, 4.69) is 31.2 Å². The number of nitrogens with one attached hydrogen (secondary N) is 5. The summed E-state index contributed by atoms with van der Waals surface area (Å²) in [5, 5.41) is 12.7. The van der Waals surface area contributed by atoms with Gasteiger partial charge in [-0.2, -0.15) is 0 Å². The van der Waals surface area contributed by atoms with Gasteiger partial charge in [0.15, 0.2) is 11.6 Å². The van der Waals surface area contributed by atoms with Gasteiger partial charge in [0, 0.05) is 62.5 Å². The first kappa shape index (κ1) is 45.1. The van der Waals surface area contributed by atoms with Gasteiger partial charge in [-0.15, -0.1) is 0 Å². The van der Waals surface area contributed by atoms with Crippen LogP contribution in [-0.2, 0) is 29.0 Å². The maximum atomic E-state index is 13.3. The number of hydrogen-bond donors (Lipinski definition) is 5. The summed E-state index contributed by atoms with van der Waals surface area (Å²) in [5.74, 6) is 1.69. The summed E-state index contributed by atoms with van der Waals surface area (Å²) < 4.78 is 33.1. The summed E-state index contributed by atoms with van der Waals surface area (Å²) in [6.45, 7) is 4.51. The lowest BCUT2D eigenvalue weighted by atomic mass is 10.1. The Balaban J connectivity index is 0.000000184. The van der Waals surface area contributed by atoms with Crippen LogP contribution in [-0.4, -0.2) is 103 Å². The van der Waals surface area contributed by atoms with Crippen molar-refractivity contribution < 1.29 is 23.1 Å². The van der Waals surface area contributed by atoms with E-state index in [1.807, 2.05) is 54.7 Å². The first-order valence-corrected chi connectivity index (χ1v) is 22.4. The van der Waals surface area contributed by atoms with Gasteiger partial charge in [-0.25, -0.2) is 18.7 Å². The number of aryl methyl sites for hydroxylation is 2. The highest BCUT2D eigenvalue weighted by molar-refractivity contribution is 5.82. The van der Waals surface area contributed by atoms with E-state index in [9.17, 15) is 28.0 Å². The molecule has 2 saturated heterocycles. The fourth-order valence-corrected chi connectivity index (χ4v) is 8.48. The molecule has 9 rings (SSSR count). The lowest BCUT2D eigenvalue weighted by Crippen LogP contribution is -2.50. The number of hydrogen-bond acceptors (Lipinski definition) is 11. The molecule has 0 unspecified atom stereocenters. The molecular formula is C48H56F2N10O5. The number of halogens is 2. The predicted molar refractivity (Wildman–Crippen MR) is 244 cm³/mol. The van der Waals surface area contributed by atoms with Crippen LogP contribution in [0.15, 0.2) is 94.8 Å². The van der Waals surface area contributed by atoms with Gasteiger partial charge in [0.25, 0.3) is 11.1 Å². The highest BCUT2D eigenvalue weighted by atomic mass is 19.1. The van der Waals surface area contributed by atoms with Crippen LogP contribution in [0.2, 0.25) is 0 Å². The molecule has 0 radical (unpaired) electrons. The number of nitrogens with zero attached hydrogens (tertiary/aromatic N) is 5. The average Bonchev–Trinajstić information content (AvgIpc) is 4.26. The van der Waals surface area contributed by atoms with Gasteiger partial charge >= 0.3 is 0 Å². The van der Waals surface area contributed by atoms with E-state index in [1.165, 1.54) is 35.4 Å². The second kappa shape index (κ2) is 21.0. The molecule has 2 amide bonds. The van der Waals surface area contributed by atoms with Crippen LogP contribution in [0.5, 0.6) is 5.75 Å². The van der Waals surface area contributed by atoms with Crippen LogP contribution in [0, 0.1) is 11.6 Å². The molecule has 2 aliphatic heterocycles. The number of aromatic nitrogens is 4. The molecule has 4 aliphatic rings. The maximum absolute atomic E-state index is 13.3. The van der Waals surface area contributed by atoms with Crippen molar-refractivity contribution in [2.75, 3.05) is 69.3 Å². The van der Waals surface area contributed by atoms with Gasteiger partial charge in [-0.1, -0.05) is 36.4 Å². The fraction of sp³-hybridized carbons (Fsp3) is 0.417.